The number of hydrogen-bond acceptors (Lipinski definition) is 1. The summed E-state index contributed by atoms with van der Waals surface area (Å²) in [6, 6.07) is 8.24. The number of rotatable bonds is 1. The highest BCUT2D eigenvalue weighted by molar-refractivity contribution is 5.38. The number of aryl methyl sites for hydroxylation is 1. The molecule has 1 heteroatoms. The Morgan fingerprint density at radius 1 is 1.20 bits per heavy atom. The van der Waals surface area contributed by atoms with E-state index < -0.39 is 0 Å². The van der Waals surface area contributed by atoms with Crippen molar-refractivity contribution >= 4 is 0 Å². The molecule has 1 aromatic rings. The summed E-state index contributed by atoms with van der Waals surface area (Å²) in [6.45, 7) is 4.18. The van der Waals surface area contributed by atoms with E-state index in [9.17, 15) is 0 Å². The van der Waals surface area contributed by atoms with Crippen molar-refractivity contribution in [2.45, 2.75) is 26.7 Å². The smallest absolute Gasteiger partial charge is 0.130 e. The van der Waals surface area contributed by atoms with Gasteiger partial charge in [-0.3, -0.25) is 0 Å². The summed E-state index contributed by atoms with van der Waals surface area (Å²) in [4.78, 5) is 0. The van der Waals surface area contributed by atoms with Gasteiger partial charge in [0, 0.05) is 6.42 Å². The van der Waals surface area contributed by atoms with E-state index in [0.717, 1.165) is 24.4 Å². The molecular weight excluding hydrogens is 184 g/mol. The van der Waals surface area contributed by atoms with Crippen molar-refractivity contribution in [3.05, 3.63) is 53.3 Å². The molecule has 0 N–H and O–H groups in total. The predicted octanol–water partition coefficient (Wildman–Crippen LogP) is 3.86. The third-order valence-corrected chi connectivity index (χ3v) is 2.46. The largest absolute Gasteiger partial charge is 0.461 e. The lowest BCUT2D eigenvalue weighted by molar-refractivity contribution is 0.378. The molecule has 0 aliphatic carbocycles. The maximum Gasteiger partial charge on any atom is 0.130 e. The van der Waals surface area contributed by atoms with Crippen molar-refractivity contribution in [2.24, 2.45) is 0 Å². The first-order chi connectivity index (χ1) is 7.25. The summed E-state index contributed by atoms with van der Waals surface area (Å²) < 4.78 is 5.80. The van der Waals surface area contributed by atoms with Crippen LogP contribution in [0, 0.1) is 0 Å². The summed E-state index contributed by atoms with van der Waals surface area (Å²) in [5.41, 5.74) is 2.61. The molecule has 2 rings (SSSR count). The number of allylic oxidation sites excluding steroid dienone is 4. The van der Waals surface area contributed by atoms with Crippen LogP contribution >= 0.6 is 0 Å². The molecule has 0 unspecified atom stereocenters. The van der Waals surface area contributed by atoms with Crippen LogP contribution in [0.1, 0.15) is 25.8 Å². The van der Waals surface area contributed by atoms with Crippen LogP contribution in [0.5, 0.6) is 5.75 Å². The van der Waals surface area contributed by atoms with Gasteiger partial charge >= 0.3 is 0 Å². The number of ether oxygens (including phenoxy) is 1. The van der Waals surface area contributed by atoms with E-state index in [2.05, 4.69) is 38.1 Å². The molecule has 0 saturated carbocycles. The second-order valence-electron chi connectivity index (χ2n) is 4.09. The molecule has 0 bridgehead atoms. The highest BCUT2D eigenvalue weighted by Crippen LogP contribution is 2.28. The normalized spacial score (nSPS) is 16.8. The summed E-state index contributed by atoms with van der Waals surface area (Å²) in [5, 5.41) is 0. The molecule has 1 nitrogen and oxygen atoms in total. The first-order valence-corrected chi connectivity index (χ1v) is 5.35. The van der Waals surface area contributed by atoms with E-state index in [1.165, 1.54) is 11.1 Å². The zero-order chi connectivity index (χ0) is 10.7. The average Bonchev–Trinajstić information content (AvgIpc) is 2.26. The molecule has 0 aromatic heterocycles. The molecule has 15 heavy (non-hydrogen) atoms. The molecule has 78 valence electrons. The molecular formula is C14H16O. The van der Waals surface area contributed by atoms with Gasteiger partial charge in [0.25, 0.3) is 0 Å². The van der Waals surface area contributed by atoms with Gasteiger partial charge in [-0.1, -0.05) is 29.8 Å². The Balaban J connectivity index is 2.19. The summed E-state index contributed by atoms with van der Waals surface area (Å²) in [6.07, 6.45) is 6.26. The fourth-order valence-corrected chi connectivity index (χ4v) is 1.64. The minimum absolute atomic E-state index is 1.00. The Labute approximate surface area is 91.1 Å². The fraction of sp³-hybridized carbons (Fsp3) is 0.286. The third-order valence-electron chi connectivity index (χ3n) is 2.46. The van der Waals surface area contributed by atoms with Crippen molar-refractivity contribution in [2.75, 3.05) is 0 Å². The van der Waals surface area contributed by atoms with Gasteiger partial charge in [-0.05, 0) is 38.0 Å². The molecule has 0 fully saturated rings. The van der Waals surface area contributed by atoms with Crippen LogP contribution < -0.4 is 4.74 Å². The van der Waals surface area contributed by atoms with Gasteiger partial charge in [-0.15, -0.1) is 0 Å². The van der Waals surface area contributed by atoms with Crippen LogP contribution in [-0.4, -0.2) is 0 Å². The summed E-state index contributed by atoms with van der Waals surface area (Å²) in [5.74, 6) is 2.08. The molecule has 1 aromatic carbocycles. The van der Waals surface area contributed by atoms with E-state index in [0.29, 0.717) is 0 Å². The number of fused-ring (bicyclic) bond motifs is 1. The highest BCUT2D eigenvalue weighted by Gasteiger charge is 2.12. The molecule has 1 aliphatic rings. The van der Waals surface area contributed by atoms with Crippen LogP contribution in [0.25, 0.3) is 0 Å². The fourth-order valence-electron chi connectivity index (χ4n) is 1.64. The monoisotopic (exact) mass is 200 g/mol. The quantitative estimate of drug-likeness (QED) is 0.668. The predicted molar refractivity (Wildman–Crippen MR) is 62.9 cm³/mol. The van der Waals surface area contributed by atoms with Crippen LogP contribution in [0.15, 0.2) is 47.7 Å². The van der Waals surface area contributed by atoms with Gasteiger partial charge in [0.1, 0.15) is 11.5 Å². The Morgan fingerprint density at radius 3 is 2.80 bits per heavy atom. The van der Waals surface area contributed by atoms with E-state index in [4.69, 9.17) is 4.74 Å². The SMILES string of the molecule is CC(C)=C/C=C1\CCc2ccccc2O1. The molecule has 1 heterocycles. The summed E-state index contributed by atoms with van der Waals surface area (Å²) >= 11 is 0. The molecule has 0 radical (unpaired) electrons. The van der Waals surface area contributed by atoms with Crippen LogP contribution in [0.4, 0.5) is 0 Å². The third kappa shape index (κ3) is 2.50. The van der Waals surface area contributed by atoms with E-state index in [1.54, 1.807) is 0 Å². The first kappa shape index (κ1) is 10.0. The molecule has 1 aliphatic heterocycles. The van der Waals surface area contributed by atoms with Crippen LogP contribution in [0.2, 0.25) is 0 Å². The maximum atomic E-state index is 5.80. The Hall–Kier alpha value is -1.50. The van der Waals surface area contributed by atoms with Crippen LogP contribution in [0.3, 0.4) is 0 Å². The number of para-hydroxylation sites is 1. The van der Waals surface area contributed by atoms with E-state index in [-0.39, 0.29) is 0 Å². The Bertz CT molecular complexity index is 409. The van der Waals surface area contributed by atoms with Crippen molar-refractivity contribution in [3.63, 3.8) is 0 Å². The Kier molecular flexibility index (Phi) is 2.91. The number of hydrogen-bond donors (Lipinski definition) is 0. The molecule has 0 saturated heterocycles. The minimum Gasteiger partial charge on any atom is -0.461 e. The topological polar surface area (TPSA) is 9.23 Å². The van der Waals surface area contributed by atoms with Crippen molar-refractivity contribution in [1.82, 2.24) is 0 Å². The van der Waals surface area contributed by atoms with E-state index >= 15 is 0 Å². The van der Waals surface area contributed by atoms with Crippen molar-refractivity contribution in [1.29, 1.82) is 0 Å². The lowest BCUT2D eigenvalue weighted by atomic mass is 10.0. The second kappa shape index (κ2) is 4.35. The zero-order valence-corrected chi connectivity index (χ0v) is 9.29. The van der Waals surface area contributed by atoms with Gasteiger partial charge in [0.15, 0.2) is 0 Å². The van der Waals surface area contributed by atoms with Crippen LogP contribution in [-0.2, 0) is 6.42 Å². The molecule has 0 atom stereocenters. The molecule has 0 spiro atoms. The lowest BCUT2D eigenvalue weighted by Crippen LogP contribution is -2.06. The van der Waals surface area contributed by atoms with E-state index in [1.807, 2.05) is 12.1 Å². The molecule has 0 amide bonds. The van der Waals surface area contributed by atoms with Crippen molar-refractivity contribution in [3.8, 4) is 5.75 Å². The number of benzene rings is 1. The maximum absolute atomic E-state index is 5.80. The second-order valence-corrected chi connectivity index (χ2v) is 4.09. The summed E-state index contributed by atoms with van der Waals surface area (Å²) in [7, 11) is 0. The Morgan fingerprint density at radius 2 is 2.00 bits per heavy atom. The van der Waals surface area contributed by atoms with Gasteiger partial charge < -0.3 is 4.74 Å². The highest BCUT2D eigenvalue weighted by atomic mass is 16.5. The first-order valence-electron chi connectivity index (χ1n) is 5.35. The zero-order valence-electron chi connectivity index (χ0n) is 9.29. The average molecular weight is 200 g/mol. The van der Waals surface area contributed by atoms with Gasteiger partial charge in [-0.25, -0.2) is 0 Å². The standard InChI is InChI=1S/C14H16O/c1-11(2)7-9-13-10-8-12-5-3-4-6-14(12)15-13/h3-7,9H,8,10H2,1-2H3/b13-9+. The lowest BCUT2D eigenvalue weighted by Gasteiger charge is -2.18. The van der Waals surface area contributed by atoms with Gasteiger partial charge in [-0.2, -0.15) is 0 Å². The van der Waals surface area contributed by atoms with Crippen molar-refractivity contribution < 1.29 is 4.74 Å². The van der Waals surface area contributed by atoms with Gasteiger partial charge in [0.05, 0.1) is 0 Å². The minimum atomic E-state index is 1.00. The van der Waals surface area contributed by atoms with Gasteiger partial charge in [0.2, 0.25) is 0 Å².